The Labute approximate surface area is 87.6 Å². The quantitative estimate of drug-likeness (QED) is 0.648. The normalized spacial score (nSPS) is 24.1. The Bertz CT molecular complexity index is 390. The summed E-state index contributed by atoms with van der Waals surface area (Å²) in [6, 6.07) is 0. The van der Waals surface area contributed by atoms with Gasteiger partial charge in [0.1, 0.15) is 5.76 Å². The molecule has 4 nitrogen and oxygen atoms in total. The summed E-state index contributed by atoms with van der Waals surface area (Å²) in [6.07, 6.45) is 4.97. The van der Waals surface area contributed by atoms with Crippen LogP contribution in [0, 0.1) is 5.41 Å². The van der Waals surface area contributed by atoms with Gasteiger partial charge in [-0.2, -0.15) is 0 Å². The Morgan fingerprint density at radius 2 is 2.07 bits per heavy atom. The molecule has 15 heavy (non-hydrogen) atoms. The third-order valence-corrected chi connectivity index (χ3v) is 3.65. The zero-order valence-electron chi connectivity index (χ0n) is 8.49. The molecule has 0 aromatic carbocycles. The van der Waals surface area contributed by atoms with E-state index in [4.69, 9.17) is 9.26 Å². The Balaban J connectivity index is 1.98. The highest BCUT2D eigenvalue weighted by Crippen LogP contribution is 2.42. The van der Waals surface area contributed by atoms with E-state index in [1.165, 1.54) is 0 Å². The lowest BCUT2D eigenvalue weighted by Crippen LogP contribution is -2.40. The maximum absolute atomic E-state index is 12.3. The zero-order valence-corrected chi connectivity index (χ0v) is 8.49. The van der Waals surface area contributed by atoms with Crippen molar-refractivity contribution in [3.63, 3.8) is 0 Å². The van der Waals surface area contributed by atoms with Crippen LogP contribution in [0.2, 0.25) is 0 Å². The van der Waals surface area contributed by atoms with Gasteiger partial charge in [0, 0.05) is 25.0 Å². The summed E-state index contributed by atoms with van der Waals surface area (Å²) in [7, 11) is 0. The maximum Gasteiger partial charge on any atom is 0.174 e. The number of ketones is 1. The van der Waals surface area contributed by atoms with Crippen molar-refractivity contribution in [2.45, 2.75) is 25.7 Å². The van der Waals surface area contributed by atoms with E-state index in [0.29, 0.717) is 18.8 Å². The number of hydrogen-bond acceptors (Lipinski definition) is 4. The van der Waals surface area contributed by atoms with Gasteiger partial charge in [0.2, 0.25) is 0 Å². The zero-order chi connectivity index (χ0) is 10.3. The predicted octanol–water partition coefficient (Wildman–Crippen LogP) is 1.60. The van der Waals surface area contributed by atoms with E-state index in [1.807, 2.05) is 0 Å². The average molecular weight is 207 g/mol. The van der Waals surface area contributed by atoms with Crippen LogP contribution >= 0.6 is 0 Å². The molecule has 3 rings (SSSR count). The first-order valence-corrected chi connectivity index (χ1v) is 5.38. The SMILES string of the molecule is O=C1c2cnoc2CCC12CCOCC2. The molecule has 1 fully saturated rings. The van der Waals surface area contributed by atoms with E-state index in [1.54, 1.807) is 6.20 Å². The molecule has 0 bridgehead atoms. The van der Waals surface area contributed by atoms with Crippen LogP contribution in [0.4, 0.5) is 0 Å². The molecule has 1 aliphatic carbocycles. The van der Waals surface area contributed by atoms with Crippen molar-refractivity contribution in [2.24, 2.45) is 5.41 Å². The van der Waals surface area contributed by atoms with Crippen molar-refractivity contribution in [1.82, 2.24) is 5.16 Å². The molecule has 1 saturated heterocycles. The van der Waals surface area contributed by atoms with Crippen LogP contribution in [-0.4, -0.2) is 24.2 Å². The Hall–Kier alpha value is -1.16. The number of carbonyl (C=O) groups excluding carboxylic acids is 1. The number of aryl methyl sites for hydroxylation is 1. The van der Waals surface area contributed by atoms with E-state index in [2.05, 4.69) is 5.16 Å². The number of nitrogens with zero attached hydrogens (tertiary/aromatic N) is 1. The van der Waals surface area contributed by atoms with Gasteiger partial charge in [0.05, 0.1) is 11.8 Å². The van der Waals surface area contributed by atoms with Crippen LogP contribution < -0.4 is 0 Å². The van der Waals surface area contributed by atoms with Crippen molar-refractivity contribution >= 4 is 5.78 Å². The third kappa shape index (κ3) is 1.24. The molecule has 1 aliphatic heterocycles. The summed E-state index contributed by atoms with van der Waals surface area (Å²) in [5.41, 5.74) is 0.514. The molecule has 0 unspecified atom stereocenters. The standard InChI is InChI=1S/C11H13NO3/c13-10-8-7-12-15-9(8)1-2-11(10)3-5-14-6-4-11/h7H,1-6H2. The fraction of sp³-hybridized carbons (Fsp3) is 0.636. The fourth-order valence-corrected chi connectivity index (χ4v) is 2.62. The van der Waals surface area contributed by atoms with Crippen LogP contribution in [0.25, 0.3) is 0 Å². The number of aromatic nitrogens is 1. The van der Waals surface area contributed by atoms with Crippen LogP contribution in [0.15, 0.2) is 10.7 Å². The molecule has 1 aromatic rings. The molecule has 0 amide bonds. The molecule has 0 saturated carbocycles. The summed E-state index contributed by atoms with van der Waals surface area (Å²) >= 11 is 0. The van der Waals surface area contributed by atoms with Gasteiger partial charge in [-0.25, -0.2) is 0 Å². The predicted molar refractivity (Wildman–Crippen MR) is 51.6 cm³/mol. The second-order valence-electron chi connectivity index (χ2n) is 4.38. The number of ether oxygens (including phenoxy) is 1. The number of rotatable bonds is 0. The second kappa shape index (κ2) is 3.17. The average Bonchev–Trinajstić information content (AvgIpc) is 2.74. The van der Waals surface area contributed by atoms with Gasteiger partial charge < -0.3 is 9.26 Å². The molecular weight excluding hydrogens is 194 g/mol. The lowest BCUT2D eigenvalue weighted by atomic mass is 9.68. The first-order chi connectivity index (χ1) is 7.32. The summed E-state index contributed by atoms with van der Waals surface area (Å²) in [4.78, 5) is 12.3. The smallest absolute Gasteiger partial charge is 0.174 e. The summed E-state index contributed by atoms with van der Waals surface area (Å²) in [6.45, 7) is 1.40. The van der Waals surface area contributed by atoms with Gasteiger partial charge in [-0.15, -0.1) is 0 Å². The molecule has 4 heteroatoms. The number of Topliss-reactive ketones (excluding diaryl/α,β-unsaturated/α-hetero) is 1. The van der Waals surface area contributed by atoms with Gasteiger partial charge >= 0.3 is 0 Å². The lowest BCUT2D eigenvalue weighted by Gasteiger charge is -2.37. The van der Waals surface area contributed by atoms with Crippen molar-refractivity contribution in [2.75, 3.05) is 13.2 Å². The van der Waals surface area contributed by atoms with Gasteiger partial charge in [-0.3, -0.25) is 4.79 Å². The first-order valence-electron chi connectivity index (χ1n) is 5.38. The summed E-state index contributed by atoms with van der Waals surface area (Å²) < 4.78 is 10.4. The van der Waals surface area contributed by atoms with Crippen LogP contribution in [0.1, 0.15) is 35.4 Å². The second-order valence-corrected chi connectivity index (χ2v) is 4.38. The van der Waals surface area contributed by atoms with E-state index in [0.717, 1.165) is 31.4 Å². The maximum atomic E-state index is 12.3. The van der Waals surface area contributed by atoms with Crippen molar-refractivity contribution in [3.8, 4) is 0 Å². The van der Waals surface area contributed by atoms with Crippen LogP contribution in [-0.2, 0) is 11.2 Å². The minimum absolute atomic E-state index is 0.184. The Morgan fingerprint density at radius 1 is 1.27 bits per heavy atom. The lowest BCUT2D eigenvalue weighted by molar-refractivity contribution is 0.0108. The largest absolute Gasteiger partial charge is 0.381 e. The monoisotopic (exact) mass is 207 g/mol. The molecule has 2 heterocycles. The van der Waals surface area contributed by atoms with Gasteiger partial charge in [-0.05, 0) is 19.3 Å². The highest BCUT2D eigenvalue weighted by atomic mass is 16.5. The van der Waals surface area contributed by atoms with Gasteiger partial charge in [0.25, 0.3) is 0 Å². The molecule has 0 N–H and O–H groups in total. The minimum atomic E-state index is -0.184. The van der Waals surface area contributed by atoms with E-state index < -0.39 is 0 Å². The summed E-state index contributed by atoms with van der Waals surface area (Å²) in [5.74, 6) is 0.977. The number of hydrogen-bond donors (Lipinski definition) is 0. The number of carbonyl (C=O) groups is 1. The highest BCUT2D eigenvalue weighted by molar-refractivity contribution is 6.02. The highest BCUT2D eigenvalue weighted by Gasteiger charge is 2.44. The first kappa shape index (κ1) is 9.09. The molecule has 0 radical (unpaired) electrons. The minimum Gasteiger partial charge on any atom is -0.381 e. The molecule has 1 spiro atoms. The van der Waals surface area contributed by atoms with Crippen molar-refractivity contribution in [1.29, 1.82) is 0 Å². The molecule has 1 aromatic heterocycles. The summed E-state index contributed by atoms with van der Waals surface area (Å²) in [5, 5.41) is 3.71. The van der Waals surface area contributed by atoms with Crippen molar-refractivity contribution in [3.05, 3.63) is 17.5 Å². The van der Waals surface area contributed by atoms with Crippen molar-refractivity contribution < 1.29 is 14.1 Å². The Morgan fingerprint density at radius 3 is 2.87 bits per heavy atom. The van der Waals surface area contributed by atoms with E-state index >= 15 is 0 Å². The molecule has 2 aliphatic rings. The Kier molecular flexibility index (Phi) is 1.92. The van der Waals surface area contributed by atoms with Gasteiger partial charge in [0.15, 0.2) is 5.78 Å². The fourth-order valence-electron chi connectivity index (χ4n) is 2.62. The number of fused-ring (bicyclic) bond motifs is 1. The van der Waals surface area contributed by atoms with Gasteiger partial charge in [-0.1, -0.05) is 5.16 Å². The molecular formula is C11H13NO3. The van der Waals surface area contributed by atoms with E-state index in [-0.39, 0.29) is 11.2 Å². The van der Waals surface area contributed by atoms with E-state index in [9.17, 15) is 4.79 Å². The van der Waals surface area contributed by atoms with Crippen LogP contribution in [0.5, 0.6) is 0 Å². The molecule has 0 atom stereocenters. The van der Waals surface area contributed by atoms with Crippen LogP contribution in [0.3, 0.4) is 0 Å². The third-order valence-electron chi connectivity index (χ3n) is 3.65. The topological polar surface area (TPSA) is 52.3 Å². The molecule has 80 valence electrons.